The number of hydrogen-bond donors (Lipinski definition) is 1. The van der Waals surface area contributed by atoms with Gasteiger partial charge in [-0.1, -0.05) is 44.2 Å². The Hall–Kier alpha value is -0.860. The fraction of sp³-hybridized carbons (Fsp3) is 0.625. The van der Waals surface area contributed by atoms with E-state index in [2.05, 4.69) is 54.4 Å². The number of rotatable bonds is 8. The summed E-state index contributed by atoms with van der Waals surface area (Å²) in [6.45, 7) is 9.02. The first-order valence-corrected chi connectivity index (χ1v) is 7.35. The first-order chi connectivity index (χ1) is 8.85. The van der Waals surface area contributed by atoms with Crippen LogP contribution in [0.1, 0.15) is 38.3 Å². The average Bonchev–Trinajstić information content (AvgIpc) is 3.25. The van der Waals surface area contributed by atoms with Crippen molar-refractivity contribution in [3.05, 3.63) is 35.9 Å². The zero-order chi connectivity index (χ0) is 12.8. The van der Waals surface area contributed by atoms with Crippen LogP contribution in [0, 0.1) is 5.92 Å². The molecular formula is C16H26N2. The highest BCUT2D eigenvalue weighted by molar-refractivity contribution is 5.21. The van der Waals surface area contributed by atoms with Gasteiger partial charge in [0, 0.05) is 19.1 Å². The van der Waals surface area contributed by atoms with Crippen LogP contribution in [0.4, 0.5) is 0 Å². The van der Waals surface area contributed by atoms with Gasteiger partial charge in [-0.25, -0.2) is 0 Å². The van der Waals surface area contributed by atoms with Crippen LogP contribution in [-0.2, 0) is 0 Å². The second-order valence-corrected chi connectivity index (χ2v) is 5.21. The number of nitrogens with zero attached hydrogens (tertiary/aromatic N) is 1. The van der Waals surface area contributed by atoms with Gasteiger partial charge < -0.3 is 10.2 Å². The maximum atomic E-state index is 3.76. The first kappa shape index (κ1) is 13.6. The summed E-state index contributed by atoms with van der Waals surface area (Å²) in [5, 5.41) is 3.76. The summed E-state index contributed by atoms with van der Waals surface area (Å²) in [5.41, 5.74) is 1.46. The van der Waals surface area contributed by atoms with Gasteiger partial charge in [-0.15, -0.1) is 0 Å². The van der Waals surface area contributed by atoms with Crippen LogP contribution >= 0.6 is 0 Å². The molecular weight excluding hydrogens is 220 g/mol. The van der Waals surface area contributed by atoms with Crippen LogP contribution < -0.4 is 5.32 Å². The van der Waals surface area contributed by atoms with Crippen LogP contribution in [0.5, 0.6) is 0 Å². The van der Waals surface area contributed by atoms with Crippen molar-refractivity contribution < 1.29 is 0 Å². The lowest BCUT2D eigenvalue weighted by Gasteiger charge is -2.22. The second-order valence-electron chi connectivity index (χ2n) is 5.21. The Morgan fingerprint density at radius 2 is 1.83 bits per heavy atom. The summed E-state index contributed by atoms with van der Waals surface area (Å²) in [6, 6.07) is 11.5. The molecule has 18 heavy (non-hydrogen) atoms. The van der Waals surface area contributed by atoms with Gasteiger partial charge in [0.05, 0.1) is 0 Å². The van der Waals surface area contributed by atoms with Gasteiger partial charge in [0.2, 0.25) is 0 Å². The molecule has 0 bridgehead atoms. The molecule has 1 atom stereocenters. The molecule has 0 amide bonds. The van der Waals surface area contributed by atoms with Crippen molar-refractivity contribution in [1.29, 1.82) is 0 Å². The standard InChI is InChI=1S/C16H26N2/c1-3-18(4-2)13-12-17-16(15-10-11-15)14-8-6-5-7-9-14/h5-9,15-17H,3-4,10-13H2,1-2H3. The largest absolute Gasteiger partial charge is 0.308 e. The quantitative estimate of drug-likeness (QED) is 0.758. The second kappa shape index (κ2) is 6.91. The summed E-state index contributed by atoms with van der Waals surface area (Å²) >= 11 is 0. The van der Waals surface area contributed by atoms with Crippen LogP contribution in [0.3, 0.4) is 0 Å². The van der Waals surface area contributed by atoms with E-state index in [1.807, 2.05) is 0 Å². The van der Waals surface area contributed by atoms with E-state index < -0.39 is 0 Å². The molecule has 1 aliphatic rings. The van der Waals surface area contributed by atoms with Gasteiger partial charge in [-0.05, 0) is 37.4 Å². The molecule has 1 aromatic rings. The van der Waals surface area contributed by atoms with E-state index in [0.717, 1.165) is 32.1 Å². The molecule has 2 heteroatoms. The molecule has 2 rings (SSSR count). The third-order valence-corrected chi connectivity index (χ3v) is 3.94. The summed E-state index contributed by atoms with van der Waals surface area (Å²) in [6.07, 6.45) is 2.77. The molecule has 0 spiro atoms. The van der Waals surface area contributed by atoms with E-state index >= 15 is 0 Å². The topological polar surface area (TPSA) is 15.3 Å². The van der Waals surface area contributed by atoms with Gasteiger partial charge in [-0.3, -0.25) is 0 Å². The lowest BCUT2D eigenvalue weighted by molar-refractivity contribution is 0.293. The molecule has 0 radical (unpaired) electrons. The van der Waals surface area contributed by atoms with Crippen LogP contribution in [0.15, 0.2) is 30.3 Å². The van der Waals surface area contributed by atoms with Crippen LogP contribution in [-0.4, -0.2) is 31.1 Å². The monoisotopic (exact) mass is 246 g/mol. The Kier molecular flexibility index (Phi) is 5.21. The molecule has 0 heterocycles. The van der Waals surface area contributed by atoms with E-state index in [0.29, 0.717) is 6.04 Å². The summed E-state index contributed by atoms with van der Waals surface area (Å²) in [5.74, 6) is 0.865. The molecule has 1 saturated carbocycles. The molecule has 1 unspecified atom stereocenters. The number of nitrogens with one attached hydrogen (secondary N) is 1. The van der Waals surface area contributed by atoms with Crippen molar-refractivity contribution in [2.75, 3.05) is 26.2 Å². The van der Waals surface area contributed by atoms with E-state index in [4.69, 9.17) is 0 Å². The molecule has 2 nitrogen and oxygen atoms in total. The van der Waals surface area contributed by atoms with Gasteiger partial charge in [0.25, 0.3) is 0 Å². The summed E-state index contributed by atoms with van der Waals surface area (Å²) in [7, 11) is 0. The minimum absolute atomic E-state index is 0.571. The molecule has 0 aromatic heterocycles. The zero-order valence-electron chi connectivity index (χ0n) is 11.7. The van der Waals surface area contributed by atoms with Crippen molar-refractivity contribution in [1.82, 2.24) is 10.2 Å². The fourth-order valence-corrected chi connectivity index (χ4v) is 2.56. The Morgan fingerprint density at radius 3 is 2.39 bits per heavy atom. The van der Waals surface area contributed by atoms with Crippen molar-refractivity contribution in [3.63, 3.8) is 0 Å². The van der Waals surface area contributed by atoms with Gasteiger partial charge >= 0.3 is 0 Å². The highest BCUT2D eigenvalue weighted by atomic mass is 15.1. The zero-order valence-corrected chi connectivity index (χ0v) is 11.7. The summed E-state index contributed by atoms with van der Waals surface area (Å²) < 4.78 is 0. The van der Waals surface area contributed by atoms with Crippen LogP contribution in [0.25, 0.3) is 0 Å². The minimum atomic E-state index is 0.571. The first-order valence-electron chi connectivity index (χ1n) is 7.35. The van der Waals surface area contributed by atoms with Crippen molar-refractivity contribution in [2.45, 2.75) is 32.7 Å². The van der Waals surface area contributed by atoms with Crippen molar-refractivity contribution >= 4 is 0 Å². The lowest BCUT2D eigenvalue weighted by atomic mass is 10.0. The number of benzene rings is 1. The van der Waals surface area contributed by atoms with Crippen LogP contribution in [0.2, 0.25) is 0 Å². The predicted octanol–water partition coefficient (Wildman–Crippen LogP) is 3.07. The van der Waals surface area contributed by atoms with E-state index in [1.54, 1.807) is 0 Å². The highest BCUT2D eigenvalue weighted by Crippen LogP contribution is 2.40. The van der Waals surface area contributed by atoms with Crippen molar-refractivity contribution in [3.8, 4) is 0 Å². The Balaban J connectivity index is 1.84. The molecule has 1 fully saturated rings. The van der Waals surface area contributed by atoms with E-state index in [9.17, 15) is 0 Å². The third kappa shape index (κ3) is 3.82. The van der Waals surface area contributed by atoms with Gasteiger partial charge in [0.1, 0.15) is 0 Å². The maximum Gasteiger partial charge on any atom is 0.0349 e. The van der Waals surface area contributed by atoms with Gasteiger partial charge in [-0.2, -0.15) is 0 Å². The van der Waals surface area contributed by atoms with Gasteiger partial charge in [0.15, 0.2) is 0 Å². The predicted molar refractivity (Wildman–Crippen MR) is 77.7 cm³/mol. The number of likely N-dealkylation sites (N-methyl/N-ethyl adjacent to an activating group) is 1. The third-order valence-electron chi connectivity index (χ3n) is 3.94. The van der Waals surface area contributed by atoms with E-state index in [1.165, 1.54) is 18.4 Å². The highest BCUT2D eigenvalue weighted by Gasteiger charge is 2.31. The summed E-state index contributed by atoms with van der Waals surface area (Å²) in [4.78, 5) is 2.47. The lowest BCUT2D eigenvalue weighted by Crippen LogP contribution is -2.34. The fourth-order valence-electron chi connectivity index (χ4n) is 2.56. The Morgan fingerprint density at radius 1 is 1.17 bits per heavy atom. The normalized spacial score (nSPS) is 17.1. The molecule has 1 N–H and O–H groups in total. The maximum absolute atomic E-state index is 3.76. The van der Waals surface area contributed by atoms with Crippen molar-refractivity contribution in [2.24, 2.45) is 5.92 Å². The Labute approximate surface area is 111 Å². The minimum Gasteiger partial charge on any atom is -0.308 e. The smallest absolute Gasteiger partial charge is 0.0349 e. The number of hydrogen-bond acceptors (Lipinski definition) is 2. The molecule has 0 saturated heterocycles. The average molecular weight is 246 g/mol. The molecule has 1 aromatic carbocycles. The van der Waals surface area contributed by atoms with E-state index in [-0.39, 0.29) is 0 Å². The SMILES string of the molecule is CCN(CC)CCNC(c1ccccc1)C1CC1. The molecule has 1 aliphatic carbocycles. The molecule has 100 valence electrons. The Bertz CT molecular complexity index is 328. The molecule has 0 aliphatic heterocycles.